The lowest BCUT2D eigenvalue weighted by atomic mass is 10.3. The number of para-hydroxylation sites is 1. The summed E-state index contributed by atoms with van der Waals surface area (Å²) in [6.07, 6.45) is 0. The number of carbonyl (C=O) groups is 1. The molecular weight excluding hydrogens is 350 g/mol. The van der Waals surface area contributed by atoms with Gasteiger partial charge in [0.15, 0.2) is 5.13 Å². The maximum atomic E-state index is 12.9. The zero-order valence-electron chi connectivity index (χ0n) is 12.9. The fourth-order valence-corrected chi connectivity index (χ4v) is 4.14. The maximum absolute atomic E-state index is 12.9. The van der Waals surface area contributed by atoms with Crippen molar-refractivity contribution >= 4 is 55.5 Å². The fraction of sp³-hybridized carbons (Fsp3) is 0.250. The summed E-state index contributed by atoms with van der Waals surface area (Å²) in [4.78, 5) is 21.2. The summed E-state index contributed by atoms with van der Waals surface area (Å²) in [5, 5.41) is 0.738. The van der Waals surface area contributed by atoms with Gasteiger partial charge in [0.1, 0.15) is 0 Å². The van der Waals surface area contributed by atoms with Gasteiger partial charge in [-0.2, -0.15) is 0 Å². The largest absolute Gasteiger partial charge is 0.338 e. The zero-order chi connectivity index (χ0) is 16.4. The standard InChI is InChI=1S/C16H16ClN3OS2/c1-19(2)9-10-20(15(21)13-7-8-14(17)22-13)16-18-11-5-3-4-6-12(11)23-16/h3-8H,9-10H2,1-2H3/p+1. The molecule has 0 radical (unpaired) electrons. The smallest absolute Gasteiger partial charge is 0.270 e. The molecule has 0 saturated heterocycles. The Bertz CT molecular complexity index is 794. The number of thiazole rings is 1. The molecule has 3 rings (SSSR count). The van der Waals surface area contributed by atoms with Crippen LogP contribution in [0.15, 0.2) is 36.4 Å². The number of nitrogens with one attached hydrogen (secondary N) is 1. The van der Waals surface area contributed by atoms with Crippen LogP contribution in [0.25, 0.3) is 10.2 Å². The summed E-state index contributed by atoms with van der Waals surface area (Å²) < 4.78 is 1.71. The summed E-state index contributed by atoms with van der Waals surface area (Å²) in [5.41, 5.74) is 0.923. The van der Waals surface area contributed by atoms with Gasteiger partial charge in [-0.05, 0) is 24.3 Å². The monoisotopic (exact) mass is 366 g/mol. The van der Waals surface area contributed by atoms with E-state index in [1.54, 1.807) is 28.4 Å². The van der Waals surface area contributed by atoms with E-state index in [9.17, 15) is 4.79 Å². The van der Waals surface area contributed by atoms with Crippen molar-refractivity contribution in [2.75, 3.05) is 32.1 Å². The van der Waals surface area contributed by atoms with Crippen LogP contribution in [0.2, 0.25) is 4.34 Å². The second-order valence-electron chi connectivity index (χ2n) is 5.48. The van der Waals surface area contributed by atoms with Gasteiger partial charge in [-0.3, -0.25) is 9.69 Å². The second kappa shape index (κ2) is 6.97. The number of anilines is 1. The van der Waals surface area contributed by atoms with E-state index in [0.717, 1.165) is 21.9 Å². The fourth-order valence-electron chi connectivity index (χ4n) is 2.16. The Labute approximate surface area is 147 Å². The molecule has 0 unspecified atom stereocenters. The molecule has 4 nitrogen and oxygen atoms in total. The topological polar surface area (TPSA) is 37.6 Å². The average molecular weight is 367 g/mol. The van der Waals surface area contributed by atoms with Crippen LogP contribution in [0, 0.1) is 0 Å². The van der Waals surface area contributed by atoms with Crippen LogP contribution in [-0.2, 0) is 0 Å². The quantitative estimate of drug-likeness (QED) is 0.754. The van der Waals surface area contributed by atoms with Crippen molar-refractivity contribution in [2.24, 2.45) is 0 Å². The van der Waals surface area contributed by atoms with Gasteiger partial charge in [0, 0.05) is 0 Å². The van der Waals surface area contributed by atoms with Gasteiger partial charge in [0.25, 0.3) is 5.91 Å². The summed E-state index contributed by atoms with van der Waals surface area (Å²) in [6.45, 7) is 1.47. The number of benzene rings is 1. The molecule has 0 spiro atoms. The molecule has 2 aromatic heterocycles. The number of fused-ring (bicyclic) bond motifs is 1. The van der Waals surface area contributed by atoms with Gasteiger partial charge in [-0.15, -0.1) is 11.3 Å². The SMILES string of the molecule is C[NH+](C)CCN(C(=O)c1ccc(Cl)s1)c1nc2ccccc2s1. The molecule has 0 saturated carbocycles. The first kappa shape index (κ1) is 16.4. The summed E-state index contributed by atoms with van der Waals surface area (Å²) >= 11 is 8.83. The number of aromatic nitrogens is 1. The molecule has 2 heterocycles. The Morgan fingerprint density at radius 3 is 2.65 bits per heavy atom. The minimum atomic E-state index is -0.0396. The molecule has 0 aliphatic carbocycles. The van der Waals surface area contributed by atoms with E-state index in [2.05, 4.69) is 19.1 Å². The first-order chi connectivity index (χ1) is 11.0. The van der Waals surface area contributed by atoms with Crippen molar-refractivity contribution in [2.45, 2.75) is 0 Å². The molecule has 0 fully saturated rings. The minimum absolute atomic E-state index is 0.0396. The highest BCUT2D eigenvalue weighted by Crippen LogP contribution is 2.31. The van der Waals surface area contributed by atoms with E-state index in [1.165, 1.54) is 16.2 Å². The highest BCUT2D eigenvalue weighted by atomic mass is 35.5. The number of carbonyl (C=O) groups excluding carboxylic acids is 1. The van der Waals surface area contributed by atoms with Crippen LogP contribution in [0.3, 0.4) is 0 Å². The van der Waals surface area contributed by atoms with Gasteiger partial charge in [0.05, 0.1) is 46.6 Å². The van der Waals surface area contributed by atoms with Crippen molar-refractivity contribution in [3.63, 3.8) is 0 Å². The van der Waals surface area contributed by atoms with Crippen LogP contribution in [0.5, 0.6) is 0 Å². The molecule has 1 aromatic carbocycles. The number of nitrogens with zero attached hydrogens (tertiary/aromatic N) is 2. The summed E-state index contributed by atoms with van der Waals surface area (Å²) in [7, 11) is 4.14. The molecular formula is C16H17ClN3OS2+. The number of amides is 1. The van der Waals surface area contributed by atoms with Crippen LogP contribution < -0.4 is 9.80 Å². The van der Waals surface area contributed by atoms with E-state index in [4.69, 9.17) is 11.6 Å². The molecule has 1 amide bonds. The molecule has 23 heavy (non-hydrogen) atoms. The highest BCUT2D eigenvalue weighted by molar-refractivity contribution is 7.22. The second-order valence-corrected chi connectivity index (χ2v) is 8.21. The van der Waals surface area contributed by atoms with Crippen molar-refractivity contribution in [1.82, 2.24) is 4.98 Å². The lowest BCUT2D eigenvalue weighted by Crippen LogP contribution is -3.06. The molecule has 0 bridgehead atoms. The number of halogens is 1. The molecule has 0 aliphatic heterocycles. The Morgan fingerprint density at radius 1 is 1.22 bits per heavy atom. The Hall–Kier alpha value is -1.47. The van der Waals surface area contributed by atoms with Gasteiger partial charge >= 0.3 is 0 Å². The number of hydrogen-bond acceptors (Lipinski definition) is 4. The van der Waals surface area contributed by atoms with Crippen molar-refractivity contribution in [1.29, 1.82) is 0 Å². The number of quaternary nitrogens is 1. The molecule has 0 aliphatic rings. The third-order valence-electron chi connectivity index (χ3n) is 3.38. The van der Waals surface area contributed by atoms with E-state index in [1.807, 2.05) is 24.3 Å². The number of likely N-dealkylation sites (N-methyl/N-ethyl adjacent to an activating group) is 1. The number of thiophene rings is 1. The molecule has 3 aromatic rings. The highest BCUT2D eigenvalue weighted by Gasteiger charge is 2.23. The van der Waals surface area contributed by atoms with E-state index in [0.29, 0.717) is 15.8 Å². The van der Waals surface area contributed by atoms with E-state index >= 15 is 0 Å². The third kappa shape index (κ3) is 3.72. The maximum Gasteiger partial charge on any atom is 0.270 e. The molecule has 1 N–H and O–H groups in total. The number of hydrogen-bond donors (Lipinski definition) is 1. The molecule has 7 heteroatoms. The van der Waals surface area contributed by atoms with E-state index in [-0.39, 0.29) is 5.91 Å². The first-order valence-corrected chi connectivity index (χ1v) is 9.27. The summed E-state index contributed by atoms with van der Waals surface area (Å²) in [5.74, 6) is -0.0396. The Morgan fingerprint density at radius 2 is 2.00 bits per heavy atom. The average Bonchev–Trinajstić information content (AvgIpc) is 3.12. The van der Waals surface area contributed by atoms with Crippen LogP contribution in [0.4, 0.5) is 5.13 Å². The third-order valence-corrected chi connectivity index (χ3v) is 5.66. The van der Waals surface area contributed by atoms with Gasteiger partial charge in [-0.25, -0.2) is 4.98 Å². The van der Waals surface area contributed by atoms with E-state index < -0.39 is 0 Å². The molecule has 120 valence electrons. The Balaban J connectivity index is 1.95. The predicted molar refractivity (Wildman–Crippen MR) is 98.3 cm³/mol. The van der Waals surface area contributed by atoms with Crippen molar-refractivity contribution in [3.05, 3.63) is 45.6 Å². The minimum Gasteiger partial charge on any atom is -0.338 e. The lowest BCUT2D eigenvalue weighted by molar-refractivity contribution is -0.856. The summed E-state index contributed by atoms with van der Waals surface area (Å²) in [6, 6.07) is 11.5. The first-order valence-electron chi connectivity index (χ1n) is 7.26. The Kier molecular flexibility index (Phi) is 4.96. The number of rotatable bonds is 5. The predicted octanol–water partition coefficient (Wildman–Crippen LogP) is 2.80. The van der Waals surface area contributed by atoms with Crippen LogP contribution >= 0.6 is 34.3 Å². The normalized spacial score (nSPS) is 11.3. The zero-order valence-corrected chi connectivity index (χ0v) is 15.3. The van der Waals surface area contributed by atoms with Gasteiger partial charge in [-0.1, -0.05) is 35.1 Å². The van der Waals surface area contributed by atoms with Crippen LogP contribution in [0.1, 0.15) is 9.67 Å². The van der Waals surface area contributed by atoms with Crippen molar-refractivity contribution < 1.29 is 9.69 Å². The van der Waals surface area contributed by atoms with Crippen LogP contribution in [-0.4, -0.2) is 38.1 Å². The molecule has 0 atom stereocenters. The van der Waals surface area contributed by atoms with Gasteiger partial charge < -0.3 is 4.90 Å². The van der Waals surface area contributed by atoms with Gasteiger partial charge in [0.2, 0.25) is 0 Å². The lowest BCUT2D eigenvalue weighted by Gasteiger charge is -2.19. The van der Waals surface area contributed by atoms with Crippen molar-refractivity contribution in [3.8, 4) is 0 Å².